The van der Waals surface area contributed by atoms with Crippen LogP contribution >= 0.6 is 23.2 Å². The second-order valence-corrected chi connectivity index (χ2v) is 12.6. The molecule has 45 heavy (non-hydrogen) atoms. The number of nitrogens with one attached hydrogen (secondary N) is 1. The Labute approximate surface area is 266 Å². The zero-order valence-corrected chi connectivity index (χ0v) is 26.4. The normalized spacial score (nSPS) is 16.1. The van der Waals surface area contributed by atoms with Crippen molar-refractivity contribution in [2.75, 3.05) is 11.9 Å². The van der Waals surface area contributed by atoms with Crippen LogP contribution in [0.2, 0.25) is 10.2 Å². The lowest BCUT2D eigenvalue weighted by atomic mass is 10.0. The molecule has 5 aromatic rings. The molecule has 1 aromatic carbocycles. The van der Waals surface area contributed by atoms with Crippen LogP contribution in [0.3, 0.4) is 0 Å². The number of pyridine rings is 2. The molecule has 1 aliphatic heterocycles. The van der Waals surface area contributed by atoms with E-state index in [1.807, 2.05) is 13.0 Å². The number of benzene rings is 1. The van der Waals surface area contributed by atoms with Gasteiger partial charge in [0.2, 0.25) is 5.95 Å². The van der Waals surface area contributed by atoms with Crippen LogP contribution < -0.4 is 10.5 Å². The summed E-state index contributed by atoms with van der Waals surface area (Å²) in [6.07, 6.45) is 1.37. The Hall–Kier alpha value is -4.62. The maximum Gasteiger partial charge on any atom is 0.415 e. The summed E-state index contributed by atoms with van der Waals surface area (Å²) in [6, 6.07) is 11.2. The van der Waals surface area contributed by atoms with Gasteiger partial charge in [-0.25, -0.2) is 14.8 Å². The predicted molar refractivity (Wildman–Crippen MR) is 166 cm³/mol. The fourth-order valence-electron chi connectivity index (χ4n) is 5.46. The Balaban J connectivity index is 1.33. The minimum atomic E-state index is -0.871. The van der Waals surface area contributed by atoms with Crippen LogP contribution in [0.4, 0.5) is 15.0 Å². The van der Waals surface area contributed by atoms with E-state index in [9.17, 15) is 9.59 Å². The van der Waals surface area contributed by atoms with Gasteiger partial charge in [-0.05, 0) is 85.5 Å². The molecule has 4 aromatic heterocycles. The number of aromatic nitrogens is 8. The number of nitrogens with zero attached hydrogens (tertiary/aromatic N) is 8. The zero-order valence-electron chi connectivity index (χ0n) is 24.9. The third kappa shape index (κ3) is 5.80. The molecule has 232 valence electrons. The molecule has 12 nitrogen and oxygen atoms in total. The molecule has 1 amide bonds. The van der Waals surface area contributed by atoms with Crippen molar-refractivity contribution in [3.8, 4) is 28.1 Å². The minimum Gasteiger partial charge on any atom is -0.443 e. The van der Waals surface area contributed by atoms with Crippen LogP contribution in [-0.2, 0) is 11.2 Å². The average Bonchev–Trinajstić information content (AvgIpc) is 3.70. The minimum absolute atomic E-state index is 0.0356. The Morgan fingerprint density at radius 1 is 1.11 bits per heavy atom. The average molecular weight is 653 g/mol. The maximum atomic E-state index is 15.3. The van der Waals surface area contributed by atoms with E-state index in [4.69, 9.17) is 27.9 Å². The third-order valence-corrected chi connectivity index (χ3v) is 7.93. The number of carbonyl (C=O) groups excluding carboxylic acids is 1. The molecule has 0 saturated heterocycles. The number of halogens is 3. The second-order valence-electron chi connectivity index (χ2n) is 11.8. The summed E-state index contributed by atoms with van der Waals surface area (Å²) in [4.78, 5) is 38.9. The van der Waals surface area contributed by atoms with E-state index in [1.165, 1.54) is 36.3 Å². The molecular weight excluding hydrogens is 624 g/mol. The number of H-pyrrole nitrogens is 1. The van der Waals surface area contributed by atoms with E-state index in [0.717, 1.165) is 10.6 Å². The number of ether oxygens (including phenoxy) is 1. The van der Waals surface area contributed by atoms with Gasteiger partial charge in [0.1, 0.15) is 34.4 Å². The molecule has 1 aliphatic rings. The number of rotatable bonds is 5. The van der Waals surface area contributed by atoms with Crippen molar-refractivity contribution in [1.29, 1.82) is 0 Å². The van der Waals surface area contributed by atoms with Crippen LogP contribution in [0, 0.1) is 11.9 Å². The lowest BCUT2D eigenvalue weighted by Crippen LogP contribution is -2.34. The lowest BCUT2D eigenvalue weighted by molar-refractivity contribution is 0.0588. The molecule has 0 spiro atoms. The molecule has 2 atom stereocenters. The maximum absolute atomic E-state index is 15.3. The summed E-state index contributed by atoms with van der Waals surface area (Å²) < 4.78 is 23.8. The molecule has 0 bridgehead atoms. The molecule has 0 aliphatic carbocycles. The zero-order chi connectivity index (χ0) is 32.2. The van der Waals surface area contributed by atoms with Gasteiger partial charge in [0.25, 0.3) is 5.56 Å². The summed E-state index contributed by atoms with van der Waals surface area (Å²) in [6.45, 7) is 7.20. The standard InChI is InChI=1S/C30H28Cl2FN9O3/c1-15-10-18-11-16(20-13-17(31)6-8-21(20)41-14-34-38-39-41)12-23(43)42(18)25(15)28-36-24(26(32)37-28)19-7-9-22(35-27(19)33)40(5)29(44)45-30(2,3)4/h6-9,11-15,25H,10H2,1-5H3,(H,36,37)/t15-,25-/m0/s1. The van der Waals surface area contributed by atoms with Crippen LogP contribution in [0.15, 0.2) is 53.6 Å². The molecule has 0 radical (unpaired) electrons. The molecule has 0 unspecified atom stereocenters. The van der Waals surface area contributed by atoms with Gasteiger partial charge in [-0.1, -0.05) is 30.1 Å². The second kappa shape index (κ2) is 11.4. The number of carbonyl (C=O) groups is 1. The van der Waals surface area contributed by atoms with E-state index >= 15 is 4.39 Å². The van der Waals surface area contributed by atoms with E-state index in [-0.39, 0.29) is 33.7 Å². The highest BCUT2D eigenvalue weighted by Gasteiger charge is 2.35. The number of amides is 1. The number of fused-ring (bicyclic) bond motifs is 1. The van der Waals surface area contributed by atoms with Gasteiger partial charge in [0, 0.05) is 29.4 Å². The number of imidazole rings is 1. The van der Waals surface area contributed by atoms with E-state index in [0.29, 0.717) is 34.1 Å². The highest BCUT2D eigenvalue weighted by Crippen LogP contribution is 2.39. The largest absolute Gasteiger partial charge is 0.443 e. The van der Waals surface area contributed by atoms with Crippen molar-refractivity contribution in [1.82, 2.24) is 39.7 Å². The first-order chi connectivity index (χ1) is 21.3. The lowest BCUT2D eigenvalue weighted by Gasteiger charge is -2.24. The summed E-state index contributed by atoms with van der Waals surface area (Å²) in [5, 5.41) is 12.0. The van der Waals surface area contributed by atoms with Crippen molar-refractivity contribution in [2.24, 2.45) is 5.92 Å². The first-order valence-electron chi connectivity index (χ1n) is 14.0. The van der Waals surface area contributed by atoms with Gasteiger partial charge in [-0.15, -0.1) is 5.10 Å². The Morgan fingerprint density at radius 2 is 1.89 bits per heavy atom. The first kappa shape index (κ1) is 30.4. The molecule has 15 heteroatoms. The van der Waals surface area contributed by atoms with Gasteiger partial charge in [-0.3, -0.25) is 9.69 Å². The molecule has 1 N–H and O–H groups in total. The number of hydrogen-bond donors (Lipinski definition) is 1. The molecule has 0 saturated carbocycles. The van der Waals surface area contributed by atoms with E-state index in [2.05, 4.69) is 30.5 Å². The Kier molecular flexibility index (Phi) is 7.69. The molecule has 0 fully saturated rings. The van der Waals surface area contributed by atoms with Crippen LogP contribution in [0.1, 0.15) is 45.3 Å². The van der Waals surface area contributed by atoms with Crippen LogP contribution in [-0.4, -0.2) is 58.5 Å². The van der Waals surface area contributed by atoms with Crippen molar-refractivity contribution < 1.29 is 13.9 Å². The highest BCUT2D eigenvalue weighted by molar-refractivity contribution is 6.32. The first-order valence-corrected chi connectivity index (χ1v) is 14.7. The topological polar surface area (TPSA) is 137 Å². The SMILES string of the molecule is C[C@H]1Cc2cc(-c3cc(Cl)ccc3-n3cnnn3)cc(=O)n2[C@@H]1c1nc(-c2ccc(N(C)C(=O)OC(C)(C)C)nc2F)c(Cl)[nH]1. The summed E-state index contributed by atoms with van der Waals surface area (Å²) >= 11 is 12.9. The van der Waals surface area contributed by atoms with Crippen molar-refractivity contribution in [3.05, 3.63) is 86.8 Å². The van der Waals surface area contributed by atoms with Crippen LogP contribution in [0.5, 0.6) is 0 Å². The number of anilines is 1. The van der Waals surface area contributed by atoms with Gasteiger partial charge >= 0.3 is 6.09 Å². The van der Waals surface area contributed by atoms with Gasteiger partial charge in [-0.2, -0.15) is 9.07 Å². The molecule has 5 heterocycles. The van der Waals surface area contributed by atoms with Gasteiger partial charge in [0.15, 0.2) is 0 Å². The summed E-state index contributed by atoms with van der Waals surface area (Å²) in [5.41, 5.74) is 2.00. The quantitative estimate of drug-likeness (QED) is 0.233. The van der Waals surface area contributed by atoms with Crippen LogP contribution in [0.25, 0.3) is 28.1 Å². The number of tetrazole rings is 1. The number of aromatic amines is 1. The van der Waals surface area contributed by atoms with E-state index in [1.54, 1.807) is 43.5 Å². The fraction of sp³-hybridized carbons (Fsp3) is 0.300. The summed E-state index contributed by atoms with van der Waals surface area (Å²) in [7, 11) is 1.44. The van der Waals surface area contributed by atoms with Crippen molar-refractivity contribution >= 4 is 35.1 Å². The van der Waals surface area contributed by atoms with E-state index < -0.39 is 23.7 Å². The summed E-state index contributed by atoms with van der Waals surface area (Å²) in [5.74, 6) is -0.456. The van der Waals surface area contributed by atoms with Crippen molar-refractivity contribution in [2.45, 2.75) is 45.8 Å². The Bertz CT molecular complexity index is 1990. The van der Waals surface area contributed by atoms with Gasteiger partial charge < -0.3 is 14.3 Å². The third-order valence-electron chi connectivity index (χ3n) is 7.42. The highest BCUT2D eigenvalue weighted by atomic mass is 35.5. The predicted octanol–water partition coefficient (Wildman–Crippen LogP) is 5.87. The Morgan fingerprint density at radius 3 is 2.58 bits per heavy atom. The van der Waals surface area contributed by atoms with Crippen molar-refractivity contribution in [3.63, 3.8) is 0 Å². The van der Waals surface area contributed by atoms with Gasteiger partial charge in [0.05, 0.1) is 17.3 Å². The molecular formula is C30H28Cl2FN9O3. The molecule has 6 rings (SSSR count). The fourth-order valence-corrected chi connectivity index (χ4v) is 5.87. The smallest absolute Gasteiger partial charge is 0.415 e. The number of hydrogen-bond acceptors (Lipinski definition) is 8. The monoisotopic (exact) mass is 651 g/mol.